The molecule has 0 saturated heterocycles. The molecule has 0 aliphatic heterocycles. The second-order valence-corrected chi connectivity index (χ2v) is 10.5. The summed E-state index contributed by atoms with van der Waals surface area (Å²) in [5.74, 6) is 2.57. The van der Waals surface area contributed by atoms with E-state index in [1.807, 2.05) is 0 Å². The molecule has 4 heteroatoms. The van der Waals surface area contributed by atoms with Gasteiger partial charge in [0.15, 0.2) is 0 Å². The lowest BCUT2D eigenvalue weighted by Gasteiger charge is -2.49. The molecule has 3 aliphatic carbocycles. The number of benzene rings is 2. The first-order valence-corrected chi connectivity index (χ1v) is 13.0. The fourth-order valence-electron chi connectivity index (χ4n) is 6.93. The number of hydrogen-bond acceptors (Lipinski definition) is 3. The molecule has 0 bridgehead atoms. The number of aliphatic hydroxyl groups is 1. The molecule has 0 heterocycles. The predicted molar refractivity (Wildman–Crippen MR) is 143 cm³/mol. The summed E-state index contributed by atoms with van der Waals surface area (Å²) in [6.45, 7) is 10.5. The lowest BCUT2D eigenvalue weighted by Crippen LogP contribution is -2.42. The van der Waals surface area contributed by atoms with Crippen LogP contribution in [-0.2, 0) is 0 Å². The van der Waals surface area contributed by atoms with E-state index in [0.29, 0.717) is 17.8 Å². The quantitative estimate of drug-likeness (QED) is 0.487. The van der Waals surface area contributed by atoms with Gasteiger partial charge in [-0.1, -0.05) is 63.2 Å². The van der Waals surface area contributed by atoms with Gasteiger partial charge in [0, 0.05) is 6.54 Å². The normalized spacial score (nSPS) is 29.5. The fourth-order valence-corrected chi connectivity index (χ4v) is 6.93. The van der Waals surface area contributed by atoms with Gasteiger partial charge >= 0.3 is 0 Å². The molecule has 2 aromatic carbocycles. The first-order valence-electron chi connectivity index (χ1n) is 13.0. The van der Waals surface area contributed by atoms with Crippen molar-refractivity contribution in [3.05, 3.63) is 71.3 Å². The van der Waals surface area contributed by atoms with E-state index in [1.165, 1.54) is 22.3 Å². The Morgan fingerprint density at radius 3 is 2.53 bits per heavy atom. The van der Waals surface area contributed by atoms with Crippen LogP contribution in [0.15, 0.2) is 54.6 Å². The number of aliphatic hydroxyl groups excluding tert-OH is 1. The third-order valence-corrected chi connectivity index (χ3v) is 9.01. The summed E-state index contributed by atoms with van der Waals surface area (Å²) < 4.78 is 6.22. The first kappa shape index (κ1) is 25.3. The van der Waals surface area contributed by atoms with Gasteiger partial charge in [0.1, 0.15) is 12.4 Å². The molecule has 0 radical (unpaired) electrons. The Hall–Kier alpha value is -1.81. The van der Waals surface area contributed by atoms with Crippen LogP contribution in [0.25, 0.3) is 5.57 Å². The number of likely N-dealkylation sites (N-methyl/N-ethyl adjacent to an activating group) is 1. The largest absolute Gasteiger partial charge is 0.492 e. The summed E-state index contributed by atoms with van der Waals surface area (Å²) >= 11 is 0. The summed E-state index contributed by atoms with van der Waals surface area (Å²) in [6.07, 6.45) is 6.77. The topological polar surface area (TPSA) is 32.7 Å². The van der Waals surface area contributed by atoms with Gasteiger partial charge in [-0.25, -0.2) is 0 Å². The lowest BCUT2D eigenvalue weighted by atomic mass is 9.56. The third kappa shape index (κ3) is 4.43. The van der Waals surface area contributed by atoms with E-state index in [2.05, 4.69) is 80.3 Å². The molecule has 1 N–H and O–H groups in total. The van der Waals surface area contributed by atoms with Gasteiger partial charge in [-0.2, -0.15) is 0 Å². The maximum atomic E-state index is 10.8. The van der Waals surface area contributed by atoms with Crippen molar-refractivity contribution < 1.29 is 9.84 Å². The third-order valence-electron chi connectivity index (χ3n) is 9.01. The molecule has 0 unspecified atom stereocenters. The van der Waals surface area contributed by atoms with Gasteiger partial charge in [0.05, 0.1) is 6.10 Å². The highest BCUT2D eigenvalue weighted by atomic mass is 35.5. The molecule has 0 spiro atoms. The number of fused-ring (bicyclic) bond motifs is 5. The molecule has 2 aromatic rings. The van der Waals surface area contributed by atoms with Crippen LogP contribution in [0.1, 0.15) is 69.1 Å². The number of allylic oxidation sites excluding steroid dienone is 1. The smallest absolute Gasteiger partial charge is 0.120 e. The fraction of sp³-hybridized carbons (Fsp3) is 0.533. The highest BCUT2D eigenvalue weighted by Crippen LogP contribution is 2.61. The minimum Gasteiger partial charge on any atom is -0.492 e. The Kier molecular flexibility index (Phi) is 7.76. The van der Waals surface area contributed by atoms with E-state index >= 15 is 0 Å². The molecule has 2 saturated carbocycles. The van der Waals surface area contributed by atoms with Gasteiger partial charge in [-0.15, -0.1) is 12.4 Å². The number of halogens is 1. The Morgan fingerprint density at radius 2 is 1.79 bits per heavy atom. The van der Waals surface area contributed by atoms with Gasteiger partial charge in [0.2, 0.25) is 0 Å². The minimum absolute atomic E-state index is 0. The molecule has 184 valence electrons. The molecule has 0 aromatic heterocycles. The zero-order valence-corrected chi connectivity index (χ0v) is 21.7. The van der Waals surface area contributed by atoms with Gasteiger partial charge < -0.3 is 14.7 Å². The van der Waals surface area contributed by atoms with Crippen LogP contribution in [0.5, 0.6) is 5.75 Å². The predicted octanol–water partition coefficient (Wildman–Crippen LogP) is 6.55. The van der Waals surface area contributed by atoms with E-state index in [0.717, 1.165) is 57.7 Å². The van der Waals surface area contributed by atoms with Gasteiger partial charge in [-0.3, -0.25) is 0 Å². The van der Waals surface area contributed by atoms with Crippen molar-refractivity contribution >= 4 is 18.0 Å². The van der Waals surface area contributed by atoms with Crippen LogP contribution >= 0.6 is 12.4 Å². The van der Waals surface area contributed by atoms with Crippen molar-refractivity contribution in [2.75, 3.05) is 26.2 Å². The van der Waals surface area contributed by atoms with Crippen LogP contribution in [0.3, 0.4) is 0 Å². The van der Waals surface area contributed by atoms with Gasteiger partial charge in [0.25, 0.3) is 0 Å². The number of hydrogen-bond donors (Lipinski definition) is 1. The van der Waals surface area contributed by atoms with Crippen LogP contribution < -0.4 is 4.74 Å². The van der Waals surface area contributed by atoms with Crippen LogP contribution in [0.2, 0.25) is 0 Å². The molecule has 2 fully saturated rings. The molecular weight excluding hydrogens is 442 g/mol. The summed E-state index contributed by atoms with van der Waals surface area (Å²) in [4.78, 5) is 2.40. The lowest BCUT2D eigenvalue weighted by molar-refractivity contribution is -0.00806. The Balaban J connectivity index is 0.00000274. The van der Waals surface area contributed by atoms with Crippen LogP contribution in [0, 0.1) is 17.3 Å². The van der Waals surface area contributed by atoms with Crippen molar-refractivity contribution in [1.82, 2.24) is 4.90 Å². The molecule has 34 heavy (non-hydrogen) atoms. The van der Waals surface area contributed by atoms with Crippen LogP contribution in [0.4, 0.5) is 0 Å². The monoisotopic (exact) mass is 481 g/mol. The van der Waals surface area contributed by atoms with E-state index in [9.17, 15) is 5.11 Å². The minimum atomic E-state index is -0.153. The summed E-state index contributed by atoms with van der Waals surface area (Å²) in [7, 11) is 0. The Labute approximate surface area is 211 Å². The van der Waals surface area contributed by atoms with Crippen molar-refractivity contribution in [3.8, 4) is 5.75 Å². The van der Waals surface area contributed by atoms with E-state index in [-0.39, 0.29) is 23.9 Å². The summed E-state index contributed by atoms with van der Waals surface area (Å²) in [5.41, 5.74) is 5.49. The van der Waals surface area contributed by atoms with Crippen molar-refractivity contribution in [3.63, 3.8) is 0 Å². The summed E-state index contributed by atoms with van der Waals surface area (Å²) in [5, 5.41) is 10.8. The number of nitrogens with zero attached hydrogens (tertiary/aromatic N) is 1. The molecule has 3 nitrogen and oxygen atoms in total. The van der Waals surface area contributed by atoms with Crippen LogP contribution in [-0.4, -0.2) is 42.4 Å². The molecule has 5 rings (SSSR count). The van der Waals surface area contributed by atoms with Crippen molar-refractivity contribution in [1.29, 1.82) is 0 Å². The molecule has 5 atom stereocenters. The highest BCUT2D eigenvalue weighted by molar-refractivity contribution is 5.85. The van der Waals surface area contributed by atoms with Crippen molar-refractivity contribution in [2.45, 2.75) is 58.5 Å². The standard InChI is InChI=1S/C30H39NO2.ClH/c1-4-31(5-2)17-18-33-22-11-12-23-24-15-16-30(3)28(13-14-29(30)32)27(24)20-25(26(23)19-22)21-9-7-6-8-10-21;/h6-12,19-20,24,27-29,32H,4-5,13-18H2,1-3H3;1H/t24-,27-,28+,29+,30+;/m1./s1. The average molecular weight is 482 g/mol. The Bertz CT molecular complexity index is 1000. The molecule has 0 amide bonds. The SMILES string of the molecule is CCN(CC)CCOc1ccc2c(c1)C(c1ccccc1)=C[C@@H]1[C@@H]2CC[C@]2(C)[C@@H](O)CC[C@@H]12.Cl. The van der Waals surface area contributed by atoms with E-state index in [4.69, 9.17) is 4.74 Å². The van der Waals surface area contributed by atoms with Gasteiger partial charge in [-0.05, 0) is 96.3 Å². The summed E-state index contributed by atoms with van der Waals surface area (Å²) in [6, 6.07) is 17.6. The molecular formula is C30H40ClNO2. The van der Waals surface area contributed by atoms with Crippen molar-refractivity contribution in [2.24, 2.45) is 17.3 Å². The second kappa shape index (κ2) is 10.4. The van der Waals surface area contributed by atoms with E-state index in [1.54, 1.807) is 0 Å². The highest BCUT2D eigenvalue weighted by Gasteiger charge is 2.54. The second-order valence-electron chi connectivity index (χ2n) is 10.5. The zero-order chi connectivity index (χ0) is 23.0. The molecule has 3 aliphatic rings. The average Bonchev–Trinajstić information content (AvgIpc) is 3.16. The Morgan fingerprint density at radius 1 is 1.03 bits per heavy atom. The first-order chi connectivity index (χ1) is 16.0. The van der Waals surface area contributed by atoms with E-state index < -0.39 is 0 Å². The maximum absolute atomic E-state index is 10.8. The maximum Gasteiger partial charge on any atom is 0.120 e. The zero-order valence-electron chi connectivity index (χ0n) is 20.9. The number of rotatable bonds is 7. The number of ether oxygens (including phenoxy) is 1.